The molecule has 1 fully saturated rings. The zero-order chi connectivity index (χ0) is 17.3. The van der Waals surface area contributed by atoms with Crippen LogP contribution in [0.5, 0.6) is 0 Å². The summed E-state index contributed by atoms with van der Waals surface area (Å²) in [4.78, 5) is 5.23. The fourth-order valence-corrected chi connectivity index (χ4v) is 5.92. The highest BCUT2D eigenvalue weighted by atomic mass is 32.2. The summed E-state index contributed by atoms with van der Waals surface area (Å²) in [5, 5.41) is 3.31. The maximum Gasteiger partial charge on any atom is 0.271 e. The maximum atomic E-state index is 13.1. The van der Waals surface area contributed by atoms with Crippen LogP contribution in [0, 0.1) is 13.8 Å². The standard InChI is InChI=1S/C17H23N3O2S2/c1-4-14-5-7-15(8-6-14)16-11-18-9-10-20(16)24(21,22)17-19-12(2)13(3)23-17/h5-8,16,18H,4,9-11H2,1-3H3. The summed E-state index contributed by atoms with van der Waals surface area (Å²) in [7, 11) is -3.58. The number of thiazole rings is 1. The molecule has 0 amide bonds. The molecule has 2 heterocycles. The number of nitrogens with zero attached hydrogens (tertiary/aromatic N) is 2. The molecule has 1 aliphatic heterocycles. The van der Waals surface area contributed by atoms with Gasteiger partial charge in [0.25, 0.3) is 10.0 Å². The number of rotatable bonds is 4. The topological polar surface area (TPSA) is 62.3 Å². The van der Waals surface area contributed by atoms with Gasteiger partial charge in [0.15, 0.2) is 0 Å². The van der Waals surface area contributed by atoms with E-state index in [4.69, 9.17) is 0 Å². The fraction of sp³-hybridized carbons (Fsp3) is 0.471. The van der Waals surface area contributed by atoms with Gasteiger partial charge in [-0.25, -0.2) is 13.4 Å². The van der Waals surface area contributed by atoms with E-state index in [1.54, 1.807) is 4.31 Å². The van der Waals surface area contributed by atoms with Crippen molar-refractivity contribution >= 4 is 21.4 Å². The maximum absolute atomic E-state index is 13.1. The molecule has 5 nitrogen and oxygen atoms in total. The Kier molecular flexibility index (Phi) is 5.05. The first-order valence-corrected chi connectivity index (χ1v) is 10.4. The number of nitrogens with one attached hydrogen (secondary N) is 1. The smallest absolute Gasteiger partial charge is 0.271 e. The molecule has 1 aliphatic rings. The van der Waals surface area contributed by atoms with Crippen molar-refractivity contribution in [2.75, 3.05) is 19.6 Å². The van der Waals surface area contributed by atoms with Crippen LogP contribution < -0.4 is 5.32 Å². The van der Waals surface area contributed by atoms with Crippen molar-refractivity contribution in [2.45, 2.75) is 37.6 Å². The molecule has 1 saturated heterocycles. The third-order valence-corrected chi connectivity index (χ3v) is 7.84. The zero-order valence-corrected chi connectivity index (χ0v) is 15.9. The largest absolute Gasteiger partial charge is 0.313 e. The molecule has 1 unspecified atom stereocenters. The third-order valence-electron chi connectivity index (χ3n) is 4.51. The highest BCUT2D eigenvalue weighted by Crippen LogP contribution is 2.31. The minimum absolute atomic E-state index is 0.195. The van der Waals surface area contributed by atoms with Gasteiger partial charge in [0.05, 0.1) is 11.7 Å². The molecule has 0 bridgehead atoms. The molecular formula is C17H23N3O2S2. The molecule has 1 aromatic heterocycles. The Labute approximate surface area is 147 Å². The molecule has 1 N–H and O–H groups in total. The lowest BCUT2D eigenvalue weighted by atomic mass is 10.0. The van der Waals surface area contributed by atoms with Crippen LogP contribution in [0.25, 0.3) is 0 Å². The second-order valence-corrected chi connectivity index (χ2v) is 9.32. The second kappa shape index (κ2) is 6.92. The Bertz CT molecular complexity index is 793. The summed E-state index contributed by atoms with van der Waals surface area (Å²) in [6.45, 7) is 7.61. The predicted octanol–water partition coefficient (Wildman–Crippen LogP) is 2.66. The van der Waals surface area contributed by atoms with E-state index in [0.29, 0.717) is 19.6 Å². The van der Waals surface area contributed by atoms with Gasteiger partial charge in [-0.15, -0.1) is 11.3 Å². The summed E-state index contributed by atoms with van der Waals surface area (Å²) in [5.74, 6) is 0. The van der Waals surface area contributed by atoms with E-state index in [1.165, 1.54) is 16.9 Å². The number of hydrogen-bond acceptors (Lipinski definition) is 5. The lowest BCUT2D eigenvalue weighted by molar-refractivity contribution is 0.271. The molecule has 24 heavy (non-hydrogen) atoms. The summed E-state index contributed by atoms with van der Waals surface area (Å²) < 4.78 is 28.0. The molecular weight excluding hydrogens is 342 g/mol. The van der Waals surface area contributed by atoms with Gasteiger partial charge < -0.3 is 5.32 Å². The summed E-state index contributed by atoms with van der Waals surface area (Å²) in [5.41, 5.74) is 3.06. The summed E-state index contributed by atoms with van der Waals surface area (Å²) in [6, 6.07) is 8.03. The van der Waals surface area contributed by atoms with E-state index in [0.717, 1.165) is 22.6 Å². The van der Waals surface area contributed by atoms with Crippen LogP contribution in [0.1, 0.15) is 34.7 Å². The first kappa shape index (κ1) is 17.5. The SMILES string of the molecule is CCc1ccc(C2CNCCN2S(=O)(=O)c2nc(C)c(C)s2)cc1. The number of aromatic nitrogens is 1. The monoisotopic (exact) mass is 365 g/mol. The van der Waals surface area contributed by atoms with E-state index < -0.39 is 10.0 Å². The third kappa shape index (κ3) is 3.26. The Balaban J connectivity index is 1.96. The van der Waals surface area contributed by atoms with Crippen molar-refractivity contribution in [1.29, 1.82) is 0 Å². The molecule has 0 aliphatic carbocycles. The van der Waals surface area contributed by atoms with Crippen molar-refractivity contribution in [3.05, 3.63) is 46.0 Å². The van der Waals surface area contributed by atoms with Gasteiger partial charge in [-0.3, -0.25) is 0 Å². The highest BCUT2D eigenvalue weighted by Gasteiger charge is 2.36. The molecule has 130 valence electrons. The van der Waals surface area contributed by atoms with Crippen LogP contribution in [0.3, 0.4) is 0 Å². The van der Waals surface area contributed by atoms with E-state index in [1.807, 2.05) is 26.0 Å². The van der Waals surface area contributed by atoms with Crippen molar-refractivity contribution in [3.8, 4) is 0 Å². The van der Waals surface area contributed by atoms with Gasteiger partial charge in [0.1, 0.15) is 0 Å². The van der Waals surface area contributed by atoms with Crippen molar-refractivity contribution < 1.29 is 8.42 Å². The normalized spacial score (nSPS) is 19.5. The lowest BCUT2D eigenvalue weighted by Gasteiger charge is -2.34. The number of sulfonamides is 1. The molecule has 1 atom stereocenters. The molecule has 0 saturated carbocycles. The van der Waals surface area contributed by atoms with Gasteiger partial charge in [-0.1, -0.05) is 31.2 Å². The van der Waals surface area contributed by atoms with Crippen molar-refractivity contribution in [3.63, 3.8) is 0 Å². The van der Waals surface area contributed by atoms with Crippen molar-refractivity contribution in [2.24, 2.45) is 0 Å². The van der Waals surface area contributed by atoms with E-state index in [9.17, 15) is 8.42 Å². The van der Waals surface area contributed by atoms with E-state index >= 15 is 0 Å². The highest BCUT2D eigenvalue weighted by molar-refractivity contribution is 7.91. The quantitative estimate of drug-likeness (QED) is 0.905. The Morgan fingerprint density at radius 1 is 1.29 bits per heavy atom. The fourth-order valence-electron chi connectivity index (χ4n) is 2.89. The number of aryl methyl sites for hydroxylation is 3. The minimum Gasteiger partial charge on any atom is -0.313 e. The molecule has 3 rings (SSSR count). The van der Waals surface area contributed by atoms with Gasteiger partial charge in [0.2, 0.25) is 4.34 Å². The first-order chi connectivity index (χ1) is 11.4. The minimum atomic E-state index is -3.58. The second-order valence-electron chi connectivity index (χ2n) is 6.05. The van der Waals surface area contributed by atoms with Gasteiger partial charge in [-0.2, -0.15) is 4.31 Å². The molecule has 0 spiro atoms. The molecule has 0 radical (unpaired) electrons. The van der Waals surface area contributed by atoms with Crippen LogP contribution in [-0.4, -0.2) is 37.3 Å². The van der Waals surface area contributed by atoms with Crippen LogP contribution in [-0.2, 0) is 16.4 Å². The van der Waals surface area contributed by atoms with Crippen molar-refractivity contribution in [1.82, 2.24) is 14.6 Å². The summed E-state index contributed by atoms with van der Waals surface area (Å²) >= 11 is 1.26. The zero-order valence-electron chi connectivity index (χ0n) is 14.2. The van der Waals surface area contributed by atoms with Crippen LogP contribution in [0.15, 0.2) is 28.6 Å². The van der Waals surface area contributed by atoms with Gasteiger partial charge in [-0.05, 0) is 31.4 Å². The number of hydrogen-bond donors (Lipinski definition) is 1. The van der Waals surface area contributed by atoms with Gasteiger partial charge in [0, 0.05) is 24.5 Å². The van der Waals surface area contributed by atoms with E-state index in [2.05, 4.69) is 29.4 Å². The molecule has 1 aromatic carbocycles. The molecule has 7 heteroatoms. The first-order valence-electron chi connectivity index (χ1n) is 8.19. The lowest BCUT2D eigenvalue weighted by Crippen LogP contribution is -2.48. The predicted molar refractivity (Wildman–Crippen MR) is 96.9 cm³/mol. The average Bonchev–Trinajstić information content (AvgIpc) is 2.95. The number of piperazine rings is 1. The van der Waals surface area contributed by atoms with Gasteiger partial charge >= 0.3 is 0 Å². The van der Waals surface area contributed by atoms with E-state index in [-0.39, 0.29) is 10.4 Å². The average molecular weight is 366 g/mol. The molecule has 2 aromatic rings. The van der Waals surface area contributed by atoms with Crippen LogP contribution in [0.4, 0.5) is 0 Å². The Hall–Kier alpha value is -1.28. The van der Waals surface area contributed by atoms with Crippen LogP contribution >= 0.6 is 11.3 Å². The Morgan fingerprint density at radius 3 is 2.58 bits per heavy atom. The summed E-state index contributed by atoms with van der Waals surface area (Å²) in [6.07, 6.45) is 0.975. The number of benzene rings is 1. The Morgan fingerprint density at radius 2 is 2.00 bits per heavy atom. The van der Waals surface area contributed by atoms with Crippen LogP contribution in [0.2, 0.25) is 0 Å².